The summed E-state index contributed by atoms with van der Waals surface area (Å²) < 4.78 is 7.23. The molecule has 4 aromatic rings. The third kappa shape index (κ3) is 6.68. The molecular weight excluding hydrogens is 530 g/mol. The number of hydrogen-bond donors (Lipinski definition) is 3. The number of nitrogens with one attached hydrogen (secondary N) is 3. The number of benzene rings is 3. The molecule has 0 bridgehead atoms. The molecular formula is C33H35N5O4. The molecule has 1 aliphatic heterocycles. The molecule has 3 aromatic carbocycles. The Morgan fingerprint density at radius 3 is 2.31 bits per heavy atom. The molecule has 9 nitrogen and oxygen atoms in total. The van der Waals surface area contributed by atoms with Crippen LogP contribution in [-0.2, 0) is 22.6 Å². The predicted octanol–water partition coefficient (Wildman–Crippen LogP) is 3.81. The second-order valence-corrected chi connectivity index (χ2v) is 10.2. The average molecular weight is 566 g/mol. The number of rotatable bonds is 12. The quantitative estimate of drug-likeness (QED) is 0.241. The lowest BCUT2D eigenvalue weighted by Crippen LogP contribution is -2.36. The van der Waals surface area contributed by atoms with Gasteiger partial charge in [0.15, 0.2) is 12.4 Å². The third-order valence-corrected chi connectivity index (χ3v) is 7.40. The lowest BCUT2D eigenvalue weighted by molar-refractivity contribution is -0.124. The molecule has 0 aliphatic carbocycles. The highest BCUT2D eigenvalue weighted by atomic mass is 16.5. The Kier molecular flexibility index (Phi) is 9.28. The maximum Gasteiger partial charge on any atom is 0.294 e. The van der Waals surface area contributed by atoms with E-state index < -0.39 is 6.04 Å². The van der Waals surface area contributed by atoms with Crippen LogP contribution in [-0.4, -0.2) is 41.1 Å². The summed E-state index contributed by atoms with van der Waals surface area (Å²) in [7, 11) is 0. The number of aryl methyl sites for hydroxylation is 1. The fourth-order valence-electron chi connectivity index (χ4n) is 5.29. The first-order valence-corrected chi connectivity index (χ1v) is 14.2. The molecule has 1 atom stereocenters. The molecule has 2 heterocycles. The zero-order chi connectivity index (χ0) is 29.3. The van der Waals surface area contributed by atoms with E-state index in [9.17, 15) is 14.4 Å². The van der Waals surface area contributed by atoms with Crippen LogP contribution < -0.4 is 26.2 Å². The first-order valence-electron chi connectivity index (χ1n) is 14.2. The van der Waals surface area contributed by atoms with Crippen molar-refractivity contribution in [1.82, 2.24) is 20.2 Å². The molecule has 3 N–H and O–H groups in total. The van der Waals surface area contributed by atoms with Gasteiger partial charge in [0, 0.05) is 43.0 Å². The zero-order valence-corrected chi connectivity index (χ0v) is 23.6. The molecule has 0 unspecified atom stereocenters. The molecule has 2 amide bonds. The number of amides is 2. The number of carbonyl (C=O) groups excluding carboxylic acids is 2. The van der Waals surface area contributed by atoms with Crippen molar-refractivity contribution < 1.29 is 14.3 Å². The first-order chi connectivity index (χ1) is 20.5. The summed E-state index contributed by atoms with van der Waals surface area (Å²) in [6.07, 6.45) is 2.78. The highest BCUT2D eigenvalue weighted by molar-refractivity contribution is 5.81. The second kappa shape index (κ2) is 13.6. The number of carbonyl (C=O) groups is 2. The van der Waals surface area contributed by atoms with E-state index in [-0.39, 0.29) is 42.3 Å². The van der Waals surface area contributed by atoms with E-state index >= 15 is 0 Å². The normalized spacial score (nSPS) is 13.8. The molecule has 0 spiro atoms. The van der Waals surface area contributed by atoms with Gasteiger partial charge in [-0.25, -0.2) is 4.98 Å². The number of ether oxygens (including phenoxy) is 1. The number of likely N-dealkylation sites (N-methyl/N-ethyl adjacent to an activating group) is 1. The van der Waals surface area contributed by atoms with Crippen molar-refractivity contribution in [3.63, 3.8) is 0 Å². The van der Waals surface area contributed by atoms with E-state index in [1.54, 1.807) is 16.8 Å². The summed E-state index contributed by atoms with van der Waals surface area (Å²) in [6, 6.07) is 26.9. The van der Waals surface area contributed by atoms with Gasteiger partial charge in [-0.1, -0.05) is 78.9 Å². The lowest BCUT2D eigenvalue weighted by atomic mass is 9.91. The monoisotopic (exact) mass is 565 g/mol. The summed E-state index contributed by atoms with van der Waals surface area (Å²) in [5.41, 5.74) is 3.43. The van der Waals surface area contributed by atoms with Gasteiger partial charge < -0.3 is 20.7 Å². The molecule has 216 valence electrons. The number of aromatic nitrogens is 2. The van der Waals surface area contributed by atoms with Crippen molar-refractivity contribution in [2.75, 3.05) is 25.0 Å². The number of para-hydroxylation sites is 1. The smallest absolute Gasteiger partial charge is 0.294 e. The lowest BCUT2D eigenvalue weighted by Gasteiger charge is -2.20. The Labute approximate surface area is 245 Å². The van der Waals surface area contributed by atoms with E-state index in [2.05, 4.69) is 45.2 Å². The molecule has 42 heavy (non-hydrogen) atoms. The van der Waals surface area contributed by atoms with Gasteiger partial charge in [-0.15, -0.1) is 0 Å². The molecule has 0 saturated heterocycles. The van der Waals surface area contributed by atoms with Crippen LogP contribution >= 0.6 is 0 Å². The Balaban J connectivity index is 1.28. The second-order valence-electron chi connectivity index (χ2n) is 10.2. The average Bonchev–Trinajstić information content (AvgIpc) is 3.47. The Morgan fingerprint density at radius 1 is 0.952 bits per heavy atom. The largest absolute Gasteiger partial charge is 0.483 e. The summed E-state index contributed by atoms with van der Waals surface area (Å²) >= 11 is 0. The molecule has 9 heteroatoms. The van der Waals surface area contributed by atoms with Gasteiger partial charge >= 0.3 is 0 Å². The molecule has 0 fully saturated rings. The maximum absolute atomic E-state index is 13.6. The summed E-state index contributed by atoms with van der Waals surface area (Å²) in [6.45, 7) is 2.93. The molecule has 1 aromatic heterocycles. The number of nitrogens with zero attached hydrogens (tertiary/aromatic N) is 2. The molecule has 1 aliphatic rings. The van der Waals surface area contributed by atoms with E-state index in [0.29, 0.717) is 31.7 Å². The molecule has 0 radical (unpaired) electrons. The van der Waals surface area contributed by atoms with E-state index in [1.807, 2.05) is 61.5 Å². The van der Waals surface area contributed by atoms with Crippen LogP contribution in [0.1, 0.15) is 47.7 Å². The van der Waals surface area contributed by atoms with Crippen molar-refractivity contribution >= 4 is 17.6 Å². The van der Waals surface area contributed by atoms with Gasteiger partial charge in [-0.2, -0.15) is 0 Å². The van der Waals surface area contributed by atoms with Crippen LogP contribution in [0.2, 0.25) is 0 Å². The molecule has 0 saturated carbocycles. The summed E-state index contributed by atoms with van der Waals surface area (Å²) in [5, 5.41) is 8.92. The highest BCUT2D eigenvalue weighted by Crippen LogP contribution is 2.27. The molecule has 5 rings (SSSR count). The number of anilines is 1. The van der Waals surface area contributed by atoms with Gasteiger partial charge in [0.1, 0.15) is 11.8 Å². The Morgan fingerprint density at radius 2 is 1.62 bits per heavy atom. The van der Waals surface area contributed by atoms with Crippen LogP contribution in [0.25, 0.3) is 0 Å². The fraction of sp³-hybridized carbons (Fsp3) is 0.273. The third-order valence-electron chi connectivity index (χ3n) is 7.40. The van der Waals surface area contributed by atoms with Crippen LogP contribution in [0.4, 0.5) is 5.82 Å². The Bertz CT molecular complexity index is 1530. The van der Waals surface area contributed by atoms with Crippen molar-refractivity contribution in [3.8, 4) is 5.75 Å². The maximum atomic E-state index is 13.6. The topological polar surface area (TPSA) is 114 Å². The SMILES string of the molecule is CCNC(=O)COc1ccccc1CNC(=O)[C@@H]1CCc2cnc(NCC(c3ccccc3)c3ccccc3)c(=O)n21. The van der Waals surface area contributed by atoms with Crippen LogP contribution in [0, 0.1) is 0 Å². The van der Waals surface area contributed by atoms with Gasteiger partial charge in [0.2, 0.25) is 5.91 Å². The minimum absolute atomic E-state index is 0.0151. The van der Waals surface area contributed by atoms with E-state index in [1.165, 1.54) is 0 Å². The minimum atomic E-state index is -0.640. The van der Waals surface area contributed by atoms with Crippen molar-refractivity contribution in [3.05, 3.63) is 124 Å². The standard InChI is InChI=1S/C33H35N5O4/c1-2-34-30(39)22-42-29-16-10-9-15-25(29)19-37-32(40)28-18-17-26-20-35-31(33(41)38(26)28)36-21-27(23-11-5-3-6-12-23)24-13-7-4-8-14-24/h3-16,20,27-28H,2,17-19,21-22H2,1H3,(H,34,39)(H,35,36)(H,37,40)/t28-/m0/s1. The van der Waals surface area contributed by atoms with Gasteiger partial charge in [0.05, 0.1) is 0 Å². The van der Waals surface area contributed by atoms with Gasteiger partial charge in [-0.3, -0.25) is 19.0 Å². The van der Waals surface area contributed by atoms with Crippen molar-refractivity contribution in [2.45, 2.75) is 38.3 Å². The van der Waals surface area contributed by atoms with Crippen molar-refractivity contribution in [1.29, 1.82) is 0 Å². The van der Waals surface area contributed by atoms with Crippen LogP contribution in [0.3, 0.4) is 0 Å². The van der Waals surface area contributed by atoms with E-state index in [0.717, 1.165) is 22.4 Å². The number of hydrogen-bond acceptors (Lipinski definition) is 6. The Hall–Kier alpha value is -4.92. The number of fused-ring (bicyclic) bond motifs is 1. The van der Waals surface area contributed by atoms with Crippen LogP contribution in [0.5, 0.6) is 5.75 Å². The zero-order valence-electron chi connectivity index (χ0n) is 23.6. The summed E-state index contributed by atoms with van der Waals surface area (Å²) in [4.78, 5) is 43.2. The highest BCUT2D eigenvalue weighted by Gasteiger charge is 2.31. The summed E-state index contributed by atoms with van der Waals surface area (Å²) in [5.74, 6) is 0.295. The minimum Gasteiger partial charge on any atom is -0.483 e. The van der Waals surface area contributed by atoms with Gasteiger partial charge in [-0.05, 0) is 37.0 Å². The van der Waals surface area contributed by atoms with Crippen molar-refractivity contribution in [2.24, 2.45) is 0 Å². The first kappa shape index (κ1) is 28.6. The van der Waals surface area contributed by atoms with Gasteiger partial charge in [0.25, 0.3) is 11.5 Å². The van der Waals surface area contributed by atoms with E-state index in [4.69, 9.17) is 4.74 Å². The fourth-order valence-corrected chi connectivity index (χ4v) is 5.29. The van der Waals surface area contributed by atoms with Crippen LogP contribution in [0.15, 0.2) is 95.9 Å². The predicted molar refractivity (Wildman–Crippen MR) is 162 cm³/mol.